The van der Waals surface area contributed by atoms with Crippen LogP contribution < -0.4 is 14.8 Å². The smallest absolute Gasteiger partial charge is 0.297 e. The predicted molar refractivity (Wildman–Crippen MR) is 160 cm³/mol. The molecule has 1 fully saturated rings. The molecule has 1 aliphatic rings. The molecule has 2 atom stereocenters. The Bertz CT molecular complexity index is 1580. The summed E-state index contributed by atoms with van der Waals surface area (Å²) in [6.45, 7) is 7.17. The van der Waals surface area contributed by atoms with Crippen molar-refractivity contribution in [3.63, 3.8) is 0 Å². The van der Waals surface area contributed by atoms with Crippen LogP contribution in [-0.2, 0) is 19.0 Å². The molecule has 1 saturated heterocycles. The van der Waals surface area contributed by atoms with Crippen LogP contribution in [0.3, 0.4) is 0 Å². The summed E-state index contributed by atoms with van der Waals surface area (Å²) in [6.07, 6.45) is 1.71. The summed E-state index contributed by atoms with van der Waals surface area (Å²) >= 11 is 0. The molecule has 5 rings (SSSR count). The fraction of sp³-hybridized carbons (Fsp3) is 0.344. The van der Waals surface area contributed by atoms with Crippen LogP contribution in [0.5, 0.6) is 11.5 Å². The van der Waals surface area contributed by atoms with Crippen molar-refractivity contribution in [2.75, 3.05) is 25.1 Å². The molecule has 0 saturated carbocycles. The van der Waals surface area contributed by atoms with Crippen molar-refractivity contribution in [2.24, 2.45) is 0 Å². The number of hydrogen-bond donors (Lipinski definition) is 1. The standard InChI is InChI=1S/C32H36N2O6S/c1-4-33-26-12-9-24(10-13-26)29-16-11-25-19-27(14-17-30(25)34-29)38-21-23(3)40-41(35,36)28-15-8-22(2)31(20-28)39-32-7-5-6-18-37-32/h8-17,19-20,23,32-33H,4-7,18,21H2,1-3H3. The molecule has 41 heavy (non-hydrogen) atoms. The quantitative estimate of drug-likeness (QED) is 0.197. The van der Waals surface area contributed by atoms with Gasteiger partial charge in [0.05, 0.1) is 22.7 Å². The van der Waals surface area contributed by atoms with Crippen molar-refractivity contribution >= 4 is 26.7 Å². The second-order valence-corrected chi connectivity index (χ2v) is 11.7. The molecule has 0 amide bonds. The van der Waals surface area contributed by atoms with Crippen molar-refractivity contribution in [3.8, 4) is 22.8 Å². The van der Waals surface area contributed by atoms with Gasteiger partial charge in [0.15, 0.2) is 6.29 Å². The Hall–Kier alpha value is -3.66. The van der Waals surface area contributed by atoms with Crippen molar-refractivity contribution in [1.29, 1.82) is 0 Å². The number of fused-ring (bicyclic) bond motifs is 1. The van der Waals surface area contributed by atoms with E-state index in [1.807, 2.05) is 49.4 Å². The van der Waals surface area contributed by atoms with E-state index in [0.29, 0.717) is 18.1 Å². The number of aryl methyl sites for hydroxylation is 1. The highest BCUT2D eigenvalue weighted by molar-refractivity contribution is 7.86. The molecule has 1 aliphatic heterocycles. The number of rotatable bonds is 11. The second kappa shape index (κ2) is 12.9. The number of hydrogen-bond acceptors (Lipinski definition) is 8. The van der Waals surface area contributed by atoms with E-state index in [-0.39, 0.29) is 17.8 Å². The van der Waals surface area contributed by atoms with E-state index in [4.69, 9.17) is 23.4 Å². The molecule has 2 heterocycles. The molecule has 2 unspecified atom stereocenters. The van der Waals surface area contributed by atoms with Crippen LogP contribution in [0.15, 0.2) is 77.7 Å². The molecule has 0 aliphatic carbocycles. The highest BCUT2D eigenvalue weighted by atomic mass is 32.2. The minimum atomic E-state index is -4.03. The van der Waals surface area contributed by atoms with Crippen LogP contribution in [0, 0.1) is 6.92 Å². The summed E-state index contributed by atoms with van der Waals surface area (Å²) in [5.74, 6) is 1.08. The average Bonchev–Trinajstić information content (AvgIpc) is 2.98. The number of anilines is 1. The first-order valence-electron chi connectivity index (χ1n) is 14.0. The summed E-state index contributed by atoms with van der Waals surface area (Å²) in [4.78, 5) is 4.82. The minimum Gasteiger partial charge on any atom is -0.491 e. The van der Waals surface area contributed by atoms with E-state index in [0.717, 1.165) is 59.2 Å². The molecule has 3 aromatic carbocycles. The van der Waals surface area contributed by atoms with Gasteiger partial charge in [-0.1, -0.05) is 24.3 Å². The Kier molecular flexibility index (Phi) is 9.07. The molecule has 4 aromatic rings. The van der Waals surface area contributed by atoms with E-state index in [1.54, 1.807) is 13.0 Å². The van der Waals surface area contributed by atoms with Gasteiger partial charge in [-0.2, -0.15) is 8.42 Å². The molecular weight excluding hydrogens is 540 g/mol. The van der Waals surface area contributed by atoms with Gasteiger partial charge >= 0.3 is 0 Å². The lowest BCUT2D eigenvalue weighted by Gasteiger charge is -2.24. The highest BCUT2D eigenvalue weighted by Gasteiger charge is 2.23. The summed E-state index contributed by atoms with van der Waals surface area (Å²) < 4.78 is 48.9. The van der Waals surface area contributed by atoms with Gasteiger partial charge in [0.25, 0.3) is 10.1 Å². The van der Waals surface area contributed by atoms with Crippen molar-refractivity contribution in [2.45, 2.75) is 57.3 Å². The van der Waals surface area contributed by atoms with Crippen LogP contribution in [0.2, 0.25) is 0 Å². The van der Waals surface area contributed by atoms with Crippen LogP contribution in [0.4, 0.5) is 5.69 Å². The first kappa shape index (κ1) is 28.9. The molecule has 0 bridgehead atoms. The maximum absolute atomic E-state index is 13.0. The van der Waals surface area contributed by atoms with Crippen LogP contribution in [0.1, 0.15) is 38.7 Å². The third kappa shape index (κ3) is 7.35. The fourth-order valence-corrected chi connectivity index (χ4v) is 5.72. The fourth-order valence-electron chi connectivity index (χ4n) is 4.64. The van der Waals surface area contributed by atoms with Crippen molar-refractivity contribution in [3.05, 3.63) is 78.4 Å². The lowest BCUT2D eigenvalue weighted by atomic mass is 10.1. The Morgan fingerprint density at radius 3 is 2.61 bits per heavy atom. The van der Waals surface area contributed by atoms with Crippen molar-refractivity contribution < 1.29 is 26.8 Å². The van der Waals surface area contributed by atoms with Gasteiger partial charge in [-0.25, -0.2) is 4.98 Å². The molecular formula is C32H36N2O6S. The van der Waals surface area contributed by atoms with Crippen LogP contribution in [0.25, 0.3) is 22.2 Å². The van der Waals surface area contributed by atoms with Crippen molar-refractivity contribution in [1.82, 2.24) is 4.98 Å². The Morgan fingerprint density at radius 2 is 1.85 bits per heavy atom. The molecule has 8 nitrogen and oxygen atoms in total. The van der Waals surface area contributed by atoms with Crippen LogP contribution in [-0.4, -0.2) is 45.6 Å². The zero-order valence-corrected chi connectivity index (χ0v) is 24.4. The van der Waals surface area contributed by atoms with E-state index < -0.39 is 16.2 Å². The first-order valence-corrected chi connectivity index (χ1v) is 15.4. The SMILES string of the molecule is CCNc1ccc(-c2ccc3cc(OCC(C)OS(=O)(=O)c4ccc(C)c(OC5CCCCO5)c4)ccc3n2)cc1. The normalized spacial score (nSPS) is 16.3. The number of pyridine rings is 1. The van der Waals surface area contributed by atoms with Gasteiger partial charge in [-0.3, -0.25) is 4.18 Å². The lowest BCUT2D eigenvalue weighted by Crippen LogP contribution is -2.25. The third-order valence-electron chi connectivity index (χ3n) is 6.84. The minimum absolute atomic E-state index is 0.0320. The first-order chi connectivity index (χ1) is 19.8. The molecule has 9 heteroatoms. The van der Waals surface area contributed by atoms with E-state index in [1.165, 1.54) is 12.1 Å². The zero-order valence-electron chi connectivity index (χ0n) is 23.6. The molecule has 0 spiro atoms. The number of aromatic nitrogens is 1. The monoisotopic (exact) mass is 576 g/mol. The van der Waals surface area contributed by atoms with Gasteiger partial charge in [0.1, 0.15) is 24.2 Å². The van der Waals surface area contributed by atoms with E-state index >= 15 is 0 Å². The van der Waals surface area contributed by atoms with E-state index in [2.05, 4.69) is 24.4 Å². The Labute approximate surface area is 241 Å². The average molecular weight is 577 g/mol. The molecule has 1 aromatic heterocycles. The Morgan fingerprint density at radius 1 is 1.02 bits per heavy atom. The van der Waals surface area contributed by atoms with Gasteiger partial charge in [-0.05, 0) is 81.6 Å². The maximum Gasteiger partial charge on any atom is 0.297 e. The number of nitrogens with one attached hydrogen (secondary N) is 1. The van der Waals surface area contributed by atoms with Gasteiger partial charge in [0, 0.05) is 35.7 Å². The Balaban J connectivity index is 1.20. The third-order valence-corrected chi connectivity index (χ3v) is 8.26. The summed E-state index contributed by atoms with van der Waals surface area (Å²) in [5, 5.41) is 4.22. The second-order valence-electron chi connectivity index (χ2n) is 10.2. The van der Waals surface area contributed by atoms with Gasteiger partial charge in [-0.15, -0.1) is 0 Å². The predicted octanol–water partition coefficient (Wildman–Crippen LogP) is 6.72. The number of ether oxygens (including phenoxy) is 3. The summed E-state index contributed by atoms with van der Waals surface area (Å²) in [5.41, 5.74) is 4.67. The molecule has 216 valence electrons. The maximum atomic E-state index is 13.0. The van der Waals surface area contributed by atoms with Gasteiger partial charge < -0.3 is 19.5 Å². The van der Waals surface area contributed by atoms with Crippen LogP contribution >= 0.6 is 0 Å². The van der Waals surface area contributed by atoms with Gasteiger partial charge in [0.2, 0.25) is 0 Å². The lowest BCUT2D eigenvalue weighted by molar-refractivity contribution is -0.106. The highest BCUT2D eigenvalue weighted by Crippen LogP contribution is 2.28. The number of benzene rings is 3. The van der Waals surface area contributed by atoms with E-state index in [9.17, 15) is 8.42 Å². The largest absolute Gasteiger partial charge is 0.491 e. The zero-order chi connectivity index (χ0) is 28.8. The summed E-state index contributed by atoms with van der Waals surface area (Å²) in [6, 6.07) is 22.5. The summed E-state index contributed by atoms with van der Waals surface area (Å²) in [7, 11) is -4.03. The molecule has 0 radical (unpaired) electrons. The topological polar surface area (TPSA) is 96.0 Å². The number of nitrogens with zero attached hydrogens (tertiary/aromatic N) is 1. The molecule has 1 N–H and O–H groups in total.